The summed E-state index contributed by atoms with van der Waals surface area (Å²) in [6.07, 6.45) is 7.31. The van der Waals surface area contributed by atoms with Crippen molar-refractivity contribution in [3.63, 3.8) is 0 Å². The Balaban J connectivity index is 1.80. The highest BCUT2D eigenvalue weighted by Gasteiger charge is 2.12. The van der Waals surface area contributed by atoms with Gasteiger partial charge >= 0.3 is 5.97 Å². The van der Waals surface area contributed by atoms with Crippen LogP contribution in [0.5, 0.6) is 5.75 Å². The number of ether oxygens (including phenoxy) is 3. The largest absolute Gasteiger partial charge is 0.494 e. The fraction of sp³-hybridized carbons (Fsp3) is 0.500. The first-order valence-electron chi connectivity index (χ1n) is 11.3. The van der Waals surface area contributed by atoms with Crippen molar-refractivity contribution in [3.8, 4) is 16.9 Å². The van der Waals surface area contributed by atoms with Gasteiger partial charge in [0.05, 0.1) is 18.8 Å². The fourth-order valence-electron chi connectivity index (χ4n) is 3.18. The maximum Gasteiger partial charge on any atom is 0.338 e. The Labute approximate surface area is 181 Å². The van der Waals surface area contributed by atoms with Gasteiger partial charge in [-0.1, -0.05) is 63.3 Å². The van der Waals surface area contributed by atoms with Crippen molar-refractivity contribution in [3.05, 3.63) is 54.1 Å². The number of carbonyl (C=O) groups is 1. The molecule has 0 bridgehead atoms. The molecule has 0 aliphatic carbocycles. The van der Waals surface area contributed by atoms with Crippen LogP contribution in [0.25, 0.3) is 11.1 Å². The van der Waals surface area contributed by atoms with Crippen LogP contribution >= 0.6 is 0 Å². The molecule has 1 unspecified atom stereocenters. The van der Waals surface area contributed by atoms with Crippen LogP contribution in [0.2, 0.25) is 0 Å². The Kier molecular flexibility index (Phi) is 11.0. The molecular formula is C26H36O4. The highest BCUT2D eigenvalue weighted by Crippen LogP contribution is 2.23. The third-order valence-electron chi connectivity index (χ3n) is 4.94. The molecule has 2 rings (SSSR count). The van der Waals surface area contributed by atoms with E-state index in [-0.39, 0.29) is 12.1 Å². The van der Waals surface area contributed by atoms with Crippen molar-refractivity contribution in [2.45, 2.75) is 65.4 Å². The van der Waals surface area contributed by atoms with E-state index < -0.39 is 0 Å². The van der Waals surface area contributed by atoms with Crippen LogP contribution in [-0.4, -0.2) is 31.9 Å². The minimum atomic E-state index is -0.327. The molecule has 0 aromatic heterocycles. The standard InChI is InChI=1S/C26H36O4/c1-4-6-7-8-9-10-19-29-25-17-15-23(16-18-25)22-11-13-24(14-12-22)26(27)30-21(3)20-28-5-2/h11-18,21H,4-10,19-20H2,1-3H3. The van der Waals surface area contributed by atoms with Crippen molar-refractivity contribution in [1.29, 1.82) is 0 Å². The molecule has 1 atom stereocenters. The van der Waals surface area contributed by atoms with Crippen LogP contribution in [0.15, 0.2) is 48.5 Å². The molecule has 4 heteroatoms. The predicted octanol–water partition coefficient (Wildman–Crippen LogP) is 6.67. The van der Waals surface area contributed by atoms with E-state index in [1.807, 2.05) is 50.2 Å². The normalized spacial score (nSPS) is 11.8. The van der Waals surface area contributed by atoms with Crippen molar-refractivity contribution in [2.75, 3.05) is 19.8 Å². The molecule has 0 aliphatic rings. The van der Waals surface area contributed by atoms with Crippen molar-refractivity contribution >= 4 is 5.97 Å². The molecule has 0 saturated carbocycles. The molecule has 0 aliphatic heterocycles. The van der Waals surface area contributed by atoms with Gasteiger partial charge in [-0.25, -0.2) is 4.79 Å². The van der Waals surface area contributed by atoms with Crippen LogP contribution in [0.4, 0.5) is 0 Å². The molecular weight excluding hydrogens is 376 g/mol. The molecule has 0 saturated heterocycles. The average Bonchev–Trinajstić information content (AvgIpc) is 2.77. The summed E-state index contributed by atoms with van der Waals surface area (Å²) in [4.78, 5) is 12.2. The summed E-state index contributed by atoms with van der Waals surface area (Å²) in [5, 5.41) is 0. The Bertz CT molecular complexity index is 722. The Morgan fingerprint density at radius 1 is 0.833 bits per heavy atom. The van der Waals surface area contributed by atoms with Gasteiger partial charge in [0.25, 0.3) is 0 Å². The Morgan fingerprint density at radius 3 is 2.07 bits per heavy atom. The number of unbranched alkanes of at least 4 members (excludes halogenated alkanes) is 5. The molecule has 0 heterocycles. The lowest BCUT2D eigenvalue weighted by atomic mass is 10.0. The van der Waals surface area contributed by atoms with Crippen molar-refractivity contribution < 1.29 is 19.0 Å². The lowest BCUT2D eigenvalue weighted by Gasteiger charge is -2.13. The smallest absolute Gasteiger partial charge is 0.338 e. The first-order valence-corrected chi connectivity index (χ1v) is 11.3. The molecule has 30 heavy (non-hydrogen) atoms. The minimum absolute atomic E-state index is 0.263. The number of esters is 1. The number of carbonyl (C=O) groups excluding carboxylic acids is 1. The van der Waals surface area contributed by atoms with Gasteiger partial charge in [0.1, 0.15) is 11.9 Å². The summed E-state index contributed by atoms with van der Waals surface area (Å²) >= 11 is 0. The summed E-state index contributed by atoms with van der Waals surface area (Å²) in [5.74, 6) is 0.572. The monoisotopic (exact) mass is 412 g/mol. The molecule has 2 aromatic rings. The van der Waals surface area contributed by atoms with Crippen LogP contribution in [0, 0.1) is 0 Å². The van der Waals surface area contributed by atoms with Gasteiger partial charge in [0.15, 0.2) is 0 Å². The van der Waals surface area contributed by atoms with Crippen LogP contribution < -0.4 is 4.74 Å². The zero-order valence-corrected chi connectivity index (χ0v) is 18.7. The number of rotatable bonds is 14. The van der Waals surface area contributed by atoms with Crippen molar-refractivity contribution in [1.82, 2.24) is 0 Å². The summed E-state index contributed by atoms with van der Waals surface area (Å²) < 4.78 is 16.5. The second-order valence-electron chi connectivity index (χ2n) is 7.59. The number of hydrogen-bond acceptors (Lipinski definition) is 4. The van der Waals surface area contributed by atoms with Gasteiger partial charge < -0.3 is 14.2 Å². The second-order valence-corrected chi connectivity index (χ2v) is 7.59. The quantitative estimate of drug-likeness (QED) is 0.257. The van der Waals surface area contributed by atoms with E-state index in [2.05, 4.69) is 6.92 Å². The highest BCUT2D eigenvalue weighted by molar-refractivity contribution is 5.90. The molecule has 2 aromatic carbocycles. The van der Waals surface area contributed by atoms with E-state index >= 15 is 0 Å². The first-order chi connectivity index (χ1) is 14.6. The SMILES string of the molecule is CCCCCCCCOc1ccc(-c2ccc(C(=O)OC(C)COCC)cc2)cc1. The van der Waals surface area contributed by atoms with Crippen LogP contribution in [0.1, 0.15) is 69.7 Å². The van der Waals surface area contributed by atoms with Crippen molar-refractivity contribution in [2.24, 2.45) is 0 Å². The average molecular weight is 413 g/mol. The van der Waals surface area contributed by atoms with E-state index in [1.54, 1.807) is 12.1 Å². The van der Waals surface area contributed by atoms with Gasteiger partial charge in [-0.3, -0.25) is 0 Å². The number of benzene rings is 2. The molecule has 4 nitrogen and oxygen atoms in total. The summed E-state index contributed by atoms with van der Waals surface area (Å²) in [6, 6.07) is 15.6. The molecule has 164 valence electrons. The summed E-state index contributed by atoms with van der Waals surface area (Å²) in [7, 11) is 0. The summed E-state index contributed by atoms with van der Waals surface area (Å²) in [5.41, 5.74) is 2.68. The molecule has 0 N–H and O–H groups in total. The van der Waals surface area contributed by atoms with E-state index in [4.69, 9.17) is 14.2 Å². The first kappa shape index (κ1) is 23.9. The Hall–Kier alpha value is -2.33. The zero-order chi connectivity index (χ0) is 21.6. The predicted molar refractivity (Wildman–Crippen MR) is 122 cm³/mol. The van der Waals surface area contributed by atoms with Gasteiger partial charge in [-0.2, -0.15) is 0 Å². The third kappa shape index (κ3) is 8.58. The lowest BCUT2D eigenvalue weighted by molar-refractivity contribution is 0.00440. The molecule has 0 amide bonds. The molecule has 0 spiro atoms. The summed E-state index contributed by atoms with van der Waals surface area (Å²) in [6.45, 7) is 7.78. The third-order valence-corrected chi connectivity index (χ3v) is 4.94. The topological polar surface area (TPSA) is 44.8 Å². The maximum atomic E-state index is 12.2. The van der Waals surface area contributed by atoms with Crippen LogP contribution in [0.3, 0.4) is 0 Å². The number of hydrogen-bond donors (Lipinski definition) is 0. The zero-order valence-electron chi connectivity index (χ0n) is 18.7. The van der Waals surface area contributed by atoms with E-state index in [0.29, 0.717) is 18.8 Å². The van der Waals surface area contributed by atoms with E-state index in [9.17, 15) is 4.79 Å². The van der Waals surface area contributed by atoms with Gasteiger partial charge in [0.2, 0.25) is 0 Å². The maximum absolute atomic E-state index is 12.2. The molecule has 0 radical (unpaired) electrons. The van der Waals surface area contributed by atoms with Gasteiger partial charge in [-0.05, 0) is 55.7 Å². The van der Waals surface area contributed by atoms with Gasteiger partial charge in [-0.15, -0.1) is 0 Å². The Morgan fingerprint density at radius 2 is 1.43 bits per heavy atom. The molecule has 0 fully saturated rings. The lowest BCUT2D eigenvalue weighted by Crippen LogP contribution is -2.20. The highest BCUT2D eigenvalue weighted by atomic mass is 16.6. The van der Waals surface area contributed by atoms with E-state index in [1.165, 1.54) is 32.1 Å². The van der Waals surface area contributed by atoms with E-state index in [0.717, 1.165) is 29.9 Å². The second kappa shape index (κ2) is 13.8. The fourth-order valence-corrected chi connectivity index (χ4v) is 3.18. The van der Waals surface area contributed by atoms with Gasteiger partial charge in [0, 0.05) is 6.61 Å². The van der Waals surface area contributed by atoms with Crippen LogP contribution in [-0.2, 0) is 9.47 Å². The minimum Gasteiger partial charge on any atom is -0.494 e.